The van der Waals surface area contributed by atoms with E-state index in [0.29, 0.717) is 11.4 Å². The number of carbonyl (C=O) groups excluding carboxylic acids is 1. The number of aromatic nitrogens is 4. The van der Waals surface area contributed by atoms with E-state index < -0.39 is 0 Å². The Bertz CT molecular complexity index is 792. The highest BCUT2D eigenvalue weighted by Gasteiger charge is 2.14. The Labute approximate surface area is 122 Å². The number of ketones is 1. The number of nitrogens with zero attached hydrogens (tertiary/aromatic N) is 4. The molecule has 5 heteroatoms. The third-order valence-electron chi connectivity index (χ3n) is 3.38. The maximum atomic E-state index is 12.4. The van der Waals surface area contributed by atoms with Crippen molar-refractivity contribution in [1.82, 2.24) is 19.7 Å². The van der Waals surface area contributed by atoms with E-state index in [0.717, 1.165) is 10.9 Å². The quantitative estimate of drug-likeness (QED) is 0.689. The predicted molar refractivity (Wildman–Crippen MR) is 80.2 cm³/mol. The number of rotatable bonds is 4. The number of fused-ring (bicyclic) bond motifs is 1. The first kappa shape index (κ1) is 13.4. The van der Waals surface area contributed by atoms with Gasteiger partial charge in [-0.3, -0.25) is 9.78 Å². The lowest BCUT2D eigenvalue weighted by molar-refractivity contribution is 0.0989. The van der Waals surface area contributed by atoms with Crippen molar-refractivity contribution in [1.29, 1.82) is 0 Å². The van der Waals surface area contributed by atoms with Crippen LogP contribution in [0.15, 0.2) is 42.9 Å². The van der Waals surface area contributed by atoms with Crippen molar-refractivity contribution >= 4 is 16.7 Å². The second-order valence-electron chi connectivity index (χ2n) is 5.23. The van der Waals surface area contributed by atoms with E-state index in [2.05, 4.69) is 15.1 Å². The maximum absolute atomic E-state index is 12.4. The molecule has 1 aromatic carbocycles. The Kier molecular flexibility index (Phi) is 3.48. The smallest absolute Gasteiger partial charge is 0.170 e. The van der Waals surface area contributed by atoms with Crippen LogP contribution in [0.1, 0.15) is 36.1 Å². The molecule has 0 fully saturated rings. The highest BCUT2D eigenvalue weighted by Crippen LogP contribution is 2.15. The zero-order valence-corrected chi connectivity index (χ0v) is 12.0. The molecule has 2 heterocycles. The van der Waals surface area contributed by atoms with Crippen LogP contribution < -0.4 is 0 Å². The summed E-state index contributed by atoms with van der Waals surface area (Å²) < 4.78 is 1.78. The SMILES string of the molecule is CC(C)n1ncnc1CC(=O)c1ccc2ncccc2c1. The fourth-order valence-corrected chi connectivity index (χ4v) is 2.33. The van der Waals surface area contributed by atoms with Gasteiger partial charge in [0.25, 0.3) is 0 Å². The molecule has 0 amide bonds. The average molecular weight is 280 g/mol. The average Bonchev–Trinajstić information content (AvgIpc) is 2.95. The predicted octanol–water partition coefficient (Wildman–Crippen LogP) is 2.83. The number of hydrogen-bond donors (Lipinski definition) is 0. The van der Waals surface area contributed by atoms with Crippen LogP contribution >= 0.6 is 0 Å². The lowest BCUT2D eigenvalue weighted by Gasteiger charge is -2.09. The standard InChI is InChI=1S/C16H16N4O/c1-11(2)20-16(18-10-19-20)9-15(21)13-5-6-14-12(8-13)4-3-7-17-14/h3-8,10-11H,9H2,1-2H3. The van der Waals surface area contributed by atoms with Gasteiger partial charge in [-0.2, -0.15) is 5.10 Å². The summed E-state index contributed by atoms with van der Waals surface area (Å²) in [6.45, 7) is 4.04. The van der Waals surface area contributed by atoms with E-state index in [1.54, 1.807) is 10.9 Å². The topological polar surface area (TPSA) is 60.7 Å². The molecule has 0 radical (unpaired) electrons. The zero-order chi connectivity index (χ0) is 14.8. The van der Waals surface area contributed by atoms with Crippen LogP contribution in [0.25, 0.3) is 10.9 Å². The van der Waals surface area contributed by atoms with Gasteiger partial charge in [-0.25, -0.2) is 9.67 Å². The van der Waals surface area contributed by atoms with Gasteiger partial charge >= 0.3 is 0 Å². The molecule has 3 aromatic rings. The molecular formula is C16H16N4O. The molecule has 0 aliphatic heterocycles. The summed E-state index contributed by atoms with van der Waals surface area (Å²) in [5.41, 5.74) is 1.56. The first-order valence-electron chi connectivity index (χ1n) is 6.91. The fourth-order valence-electron chi connectivity index (χ4n) is 2.33. The lowest BCUT2D eigenvalue weighted by Crippen LogP contribution is -2.13. The van der Waals surface area contributed by atoms with Crippen molar-refractivity contribution in [3.63, 3.8) is 0 Å². The molecule has 0 aliphatic carbocycles. The molecule has 0 aliphatic rings. The maximum Gasteiger partial charge on any atom is 0.170 e. The van der Waals surface area contributed by atoms with E-state index >= 15 is 0 Å². The van der Waals surface area contributed by atoms with Crippen molar-refractivity contribution in [2.75, 3.05) is 0 Å². The van der Waals surface area contributed by atoms with Crippen LogP contribution in [0.3, 0.4) is 0 Å². The van der Waals surface area contributed by atoms with Crippen LogP contribution in [0.4, 0.5) is 0 Å². The Hall–Kier alpha value is -2.56. The molecule has 21 heavy (non-hydrogen) atoms. The van der Waals surface area contributed by atoms with Crippen LogP contribution in [0.5, 0.6) is 0 Å². The first-order chi connectivity index (χ1) is 10.1. The van der Waals surface area contributed by atoms with Gasteiger partial charge in [0.1, 0.15) is 12.2 Å². The van der Waals surface area contributed by atoms with Gasteiger partial charge in [0.15, 0.2) is 5.78 Å². The largest absolute Gasteiger partial charge is 0.294 e. The van der Waals surface area contributed by atoms with Crippen LogP contribution in [0.2, 0.25) is 0 Å². The Morgan fingerprint density at radius 2 is 2.10 bits per heavy atom. The Morgan fingerprint density at radius 1 is 1.24 bits per heavy atom. The molecular weight excluding hydrogens is 264 g/mol. The third-order valence-corrected chi connectivity index (χ3v) is 3.38. The van der Waals surface area contributed by atoms with Gasteiger partial charge < -0.3 is 0 Å². The summed E-state index contributed by atoms with van der Waals surface area (Å²) in [4.78, 5) is 20.9. The number of hydrogen-bond acceptors (Lipinski definition) is 4. The van der Waals surface area contributed by atoms with Gasteiger partial charge in [-0.15, -0.1) is 0 Å². The molecule has 0 N–H and O–H groups in total. The van der Waals surface area contributed by atoms with Crippen molar-refractivity contribution < 1.29 is 4.79 Å². The summed E-state index contributed by atoms with van der Waals surface area (Å²) >= 11 is 0. The second kappa shape index (κ2) is 5.44. The second-order valence-corrected chi connectivity index (χ2v) is 5.23. The molecule has 0 saturated heterocycles. The fraction of sp³-hybridized carbons (Fsp3) is 0.250. The van der Waals surface area contributed by atoms with Gasteiger partial charge in [-0.1, -0.05) is 6.07 Å². The van der Waals surface area contributed by atoms with Gasteiger partial charge in [-0.05, 0) is 38.1 Å². The van der Waals surface area contributed by atoms with Gasteiger partial charge in [0.2, 0.25) is 0 Å². The Morgan fingerprint density at radius 3 is 2.90 bits per heavy atom. The first-order valence-corrected chi connectivity index (χ1v) is 6.91. The van der Waals surface area contributed by atoms with Gasteiger partial charge in [0.05, 0.1) is 11.9 Å². The van der Waals surface area contributed by atoms with Crippen LogP contribution in [-0.2, 0) is 6.42 Å². The Balaban J connectivity index is 1.88. The summed E-state index contributed by atoms with van der Waals surface area (Å²) in [6, 6.07) is 9.57. The third kappa shape index (κ3) is 2.67. The normalized spacial score (nSPS) is 11.2. The van der Waals surface area contributed by atoms with Crippen molar-refractivity contribution in [3.05, 3.63) is 54.2 Å². The summed E-state index contributed by atoms with van der Waals surface area (Å²) in [5, 5.41) is 5.12. The summed E-state index contributed by atoms with van der Waals surface area (Å²) in [7, 11) is 0. The highest BCUT2D eigenvalue weighted by molar-refractivity contribution is 6.00. The summed E-state index contributed by atoms with van der Waals surface area (Å²) in [5.74, 6) is 0.733. The molecule has 0 unspecified atom stereocenters. The van der Waals surface area contributed by atoms with Crippen molar-refractivity contribution in [2.24, 2.45) is 0 Å². The number of Topliss-reactive ketones (excluding diaryl/α,β-unsaturated/α-hetero) is 1. The minimum absolute atomic E-state index is 0.0376. The van der Waals surface area contributed by atoms with E-state index in [1.807, 2.05) is 44.2 Å². The molecule has 0 atom stereocenters. The number of pyridine rings is 1. The van der Waals surface area contributed by atoms with E-state index in [4.69, 9.17) is 0 Å². The van der Waals surface area contributed by atoms with Crippen molar-refractivity contribution in [3.8, 4) is 0 Å². The van der Waals surface area contributed by atoms with E-state index in [1.165, 1.54) is 6.33 Å². The van der Waals surface area contributed by atoms with E-state index in [-0.39, 0.29) is 18.2 Å². The van der Waals surface area contributed by atoms with Gasteiger partial charge in [0, 0.05) is 23.2 Å². The minimum atomic E-state index is 0.0376. The van der Waals surface area contributed by atoms with Crippen LogP contribution in [-0.4, -0.2) is 25.5 Å². The lowest BCUT2D eigenvalue weighted by atomic mass is 10.1. The highest BCUT2D eigenvalue weighted by atomic mass is 16.1. The molecule has 106 valence electrons. The monoisotopic (exact) mass is 280 g/mol. The molecule has 0 bridgehead atoms. The molecule has 0 spiro atoms. The number of benzene rings is 1. The van der Waals surface area contributed by atoms with E-state index in [9.17, 15) is 4.79 Å². The molecule has 0 saturated carbocycles. The van der Waals surface area contributed by atoms with Crippen LogP contribution in [0, 0.1) is 0 Å². The summed E-state index contributed by atoms with van der Waals surface area (Å²) in [6.07, 6.45) is 3.49. The zero-order valence-electron chi connectivity index (χ0n) is 12.0. The molecule has 5 nitrogen and oxygen atoms in total. The minimum Gasteiger partial charge on any atom is -0.294 e. The molecule has 2 aromatic heterocycles. The number of carbonyl (C=O) groups is 1. The molecule has 3 rings (SSSR count). The van der Waals surface area contributed by atoms with Crippen molar-refractivity contribution in [2.45, 2.75) is 26.3 Å².